The van der Waals surface area contributed by atoms with E-state index in [1.807, 2.05) is 6.92 Å². The summed E-state index contributed by atoms with van der Waals surface area (Å²) in [6.45, 7) is 2.36. The molecule has 2 aromatic rings. The van der Waals surface area contributed by atoms with Gasteiger partial charge < -0.3 is 10.7 Å². The van der Waals surface area contributed by atoms with Gasteiger partial charge >= 0.3 is 5.69 Å². The molecule has 2 heterocycles. The molecule has 0 bridgehead atoms. The number of nitrogens with zero attached hydrogens (tertiary/aromatic N) is 4. The minimum Gasteiger partial charge on any atom is -0.335 e. The van der Waals surface area contributed by atoms with Crippen molar-refractivity contribution in [2.45, 2.75) is 39.3 Å². The number of rotatable bonds is 6. The first-order chi connectivity index (χ1) is 10.5. The number of aryl methyl sites for hydroxylation is 1. The van der Waals surface area contributed by atoms with Crippen LogP contribution in [0.3, 0.4) is 0 Å². The summed E-state index contributed by atoms with van der Waals surface area (Å²) < 4.78 is 2.56. The summed E-state index contributed by atoms with van der Waals surface area (Å²) >= 11 is 0. The van der Waals surface area contributed by atoms with E-state index >= 15 is 0 Å². The molecule has 0 aromatic carbocycles. The number of aromatic nitrogens is 4. The molecule has 8 heteroatoms. The average molecular weight is 304 g/mol. The van der Waals surface area contributed by atoms with Gasteiger partial charge in [-0.25, -0.2) is 9.78 Å². The fraction of sp³-hybridized carbons (Fsp3) is 0.571. The number of hydrogen-bond acceptors (Lipinski definition) is 5. The van der Waals surface area contributed by atoms with E-state index in [1.165, 1.54) is 9.13 Å². The van der Waals surface area contributed by atoms with Crippen molar-refractivity contribution in [2.24, 2.45) is 18.7 Å². The van der Waals surface area contributed by atoms with E-state index in [0.717, 1.165) is 12.8 Å². The van der Waals surface area contributed by atoms with Crippen LogP contribution in [-0.2, 0) is 20.1 Å². The van der Waals surface area contributed by atoms with Crippen LogP contribution < -0.4 is 17.0 Å². The van der Waals surface area contributed by atoms with Gasteiger partial charge in [-0.15, -0.1) is 0 Å². The summed E-state index contributed by atoms with van der Waals surface area (Å²) in [7, 11) is 1.58. The molecular formula is C14H20N6O2. The summed E-state index contributed by atoms with van der Waals surface area (Å²) in [4.78, 5) is 31.7. The minimum atomic E-state index is -0.388. The van der Waals surface area contributed by atoms with Gasteiger partial charge in [0.25, 0.3) is 5.56 Å². The maximum atomic E-state index is 12.4. The van der Waals surface area contributed by atoms with Crippen LogP contribution in [0.25, 0.3) is 11.2 Å². The third-order valence-electron chi connectivity index (χ3n) is 3.71. The number of nitrogens with two attached hydrogens (primary N) is 1. The summed E-state index contributed by atoms with van der Waals surface area (Å²) in [6, 6.07) is 2.17. The van der Waals surface area contributed by atoms with Gasteiger partial charge in [0.1, 0.15) is 11.3 Å². The fourth-order valence-electron chi connectivity index (χ4n) is 2.38. The lowest BCUT2D eigenvalue weighted by atomic mass is 10.1. The van der Waals surface area contributed by atoms with E-state index in [1.54, 1.807) is 7.05 Å². The molecule has 2 rings (SSSR count). The van der Waals surface area contributed by atoms with Crippen molar-refractivity contribution < 1.29 is 0 Å². The van der Waals surface area contributed by atoms with Crippen LogP contribution in [0.15, 0.2) is 9.59 Å². The molecule has 0 fully saturated rings. The highest BCUT2D eigenvalue weighted by Crippen LogP contribution is 2.07. The maximum absolute atomic E-state index is 12.4. The summed E-state index contributed by atoms with van der Waals surface area (Å²) in [5, 5.41) is 8.74. The van der Waals surface area contributed by atoms with Crippen LogP contribution in [0.4, 0.5) is 0 Å². The first-order valence-corrected chi connectivity index (χ1v) is 7.27. The Morgan fingerprint density at radius 1 is 1.41 bits per heavy atom. The molecule has 0 aliphatic rings. The van der Waals surface area contributed by atoms with Gasteiger partial charge in [-0.3, -0.25) is 13.9 Å². The van der Waals surface area contributed by atoms with Gasteiger partial charge in [0, 0.05) is 19.5 Å². The molecule has 1 atom stereocenters. The molecule has 0 amide bonds. The van der Waals surface area contributed by atoms with Crippen molar-refractivity contribution in [3.63, 3.8) is 0 Å². The van der Waals surface area contributed by atoms with Gasteiger partial charge in [0.15, 0.2) is 5.65 Å². The van der Waals surface area contributed by atoms with E-state index in [0.29, 0.717) is 30.0 Å². The molecule has 0 aliphatic carbocycles. The van der Waals surface area contributed by atoms with E-state index in [4.69, 9.17) is 11.0 Å². The highest BCUT2D eigenvalue weighted by atomic mass is 16.2. The molecular weight excluding hydrogens is 284 g/mol. The first-order valence-electron chi connectivity index (χ1n) is 7.27. The van der Waals surface area contributed by atoms with Crippen molar-refractivity contribution in [3.05, 3.63) is 26.7 Å². The smallest absolute Gasteiger partial charge is 0.332 e. The minimum absolute atomic E-state index is 0.0123. The monoisotopic (exact) mass is 304 g/mol. The number of unbranched alkanes of at least 4 members (excludes halogenated alkanes) is 1. The number of hydrogen-bond donors (Lipinski definition) is 2. The van der Waals surface area contributed by atoms with Crippen molar-refractivity contribution >= 4 is 11.2 Å². The zero-order chi connectivity index (χ0) is 16.3. The van der Waals surface area contributed by atoms with Crippen LogP contribution in [0.5, 0.6) is 0 Å². The molecule has 3 N–H and O–H groups in total. The van der Waals surface area contributed by atoms with Crippen molar-refractivity contribution in [1.82, 2.24) is 19.1 Å². The Bertz CT molecular complexity index is 823. The lowest BCUT2D eigenvalue weighted by Crippen LogP contribution is -2.39. The van der Waals surface area contributed by atoms with E-state index in [-0.39, 0.29) is 23.7 Å². The highest BCUT2D eigenvalue weighted by Gasteiger charge is 2.14. The Labute approximate surface area is 127 Å². The third kappa shape index (κ3) is 2.94. The standard InChI is InChI=1S/C14H20N6O2/c1-9(7-15)5-3-4-6-20-13(21)11-12(19(2)14(20)22)18-10(8-16)17-11/h9H,3-6,8,16H2,1-2H3,(H,17,18). The second-order valence-corrected chi connectivity index (χ2v) is 5.41. The van der Waals surface area contributed by atoms with Crippen molar-refractivity contribution in [1.29, 1.82) is 5.26 Å². The van der Waals surface area contributed by atoms with E-state index < -0.39 is 0 Å². The van der Waals surface area contributed by atoms with Gasteiger partial charge in [0.2, 0.25) is 0 Å². The Hall–Kier alpha value is -2.40. The van der Waals surface area contributed by atoms with Crippen molar-refractivity contribution in [2.75, 3.05) is 0 Å². The summed E-state index contributed by atoms with van der Waals surface area (Å²) in [6.07, 6.45) is 2.22. The van der Waals surface area contributed by atoms with Crippen LogP contribution >= 0.6 is 0 Å². The predicted molar refractivity (Wildman–Crippen MR) is 82.1 cm³/mol. The quantitative estimate of drug-likeness (QED) is 0.739. The van der Waals surface area contributed by atoms with Crippen molar-refractivity contribution in [3.8, 4) is 6.07 Å². The molecule has 118 valence electrons. The van der Waals surface area contributed by atoms with E-state index in [2.05, 4.69) is 16.0 Å². The number of H-pyrrole nitrogens is 1. The van der Waals surface area contributed by atoms with Crippen LogP contribution in [0.2, 0.25) is 0 Å². The topological polar surface area (TPSA) is 122 Å². The normalized spacial score (nSPS) is 12.5. The first kappa shape index (κ1) is 16.0. The van der Waals surface area contributed by atoms with Crippen LogP contribution in [0, 0.1) is 17.2 Å². The molecule has 0 spiro atoms. The van der Waals surface area contributed by atoms with E-state index in [9.17, 15) is 9.59 Å². The Morgan fingerprint density at radius 3 is 2.77 bits per heavy atom. The molecule has 8 nitrogen and oxygen atoms in total. The molecule has 2 aromatic heterocycles. The molecule has 0 radical (unpaired) electrons. The van der Waals surface area contributed by atoms with Crippen LogP contribution in [-0.4, -0.2) is 19.1 Å². The fourth-order valence-corrected chi connectivity index (χ4v) is 2.38. The Morgan fingerprint density at radius 2 is 2.14 bits per heavy atom. The summed E-state index contributed by atoms with van der Waals surface area (Å²) in [5.74, 6) is 0.462. The number of nitriles is 1. The predicted octanol–water partition coefficient (Wildman–Crippen LogP) is 0.212. The maximum Gasteiger partial charge on any atom is 0.332 e. The van der Waals surface area contributed by atoms with Gasteiger partial charge in [-0.05, 0) is 19.8 Å². The Balaban J connectivity index is 2.29. The highest BCUT2D eigenvalue weighted by molar-refractivity contribution is 5.69. The number of aromatic amines is 1. The lowest BCUT2D eigenvalue weighted by molar-refractivity contribution is 0.516. The van der Waals surface area contributed by atoms with Gasteiger partial charge in [-0.1, -0.05) is 6.42 Å². The number of fused-ring (bicyclic) bond motifs is 1. The molecule has 0 aliphatic heterocycles. The third-order valence-corrected chi connectivity index (χ3v) is 3.71. The van der Waals surface area contributed by atoms with Gasteiger partial charge in [-0.2, -0.15) is 5.26 Å². The van der Waals surface area contributed by atoms with Crippen LogP contribution in [0.1, 0.15) is 32.0 Å². The van der Waals surface area contributed by atoms with Gasteiger partial charge in [0.05, 0.1) is 12.6 Å². The number of imidazole rings is 1. The average Bonchev–Trinajstić information content (AvgIpc) is 2.96. The second kappa shape index (κ2) is 6.58. The SMILES string of the molecule is CC(C#N)CCCCn1c(=O)c2[nH]c(CN)nc2n(C)c1=O. The Kier molecular flexibility index (Phi) is 4.78. The number of nitrogens with one attached hydrogen (secondary N) is 1. The lowest BCUT2D eigenvalue weighted by Gasteiger charge is -2.08. The molecule has 22 heavy (non-hydrogen) atoms. The molecule has 0 saturated carbocycles. The molecule has 0 saturated heterocycles. The largest absolute Gasteiger partial charge is 0.335 e. The second-order valence-electron chi connectivity index (χ2n) is 5.41. The molecule has 1 unspecified atom stereocenters. The zero-order valence-corrected chi connectivity index (χ0v) is 12.8. The summed E-state index contributed by atoms with van der Waals surface area (Å²) in [5.41, 5.74) is 5.37. The zero-order valence-electron chi connectivity index (χ0n) is 12.8.